The summed E-state index contributed by atoms with van der Waals surface area (Å²) >= 11 is 6.57. The summed E-state index contributed by atoms with van der Waals surface area (Å²) in [7, 11) is 1.43. The van der Waals surface area contributed by atoms with Crippen LogP contribution >= 0.6 is 11.6 Å². The molecule has 0 saturated carbocycles. The van der Waals surface area contributed by atoms with Gasteiger partial charge in [-0.05, 0) is 69.1 Å². The molecule has 2 aliphatic rings. The van der Waals surface area contributed by atoms with Crippen molar-refractivity contribution in [3.05, 3.63) is 76.4 Å². The lowest BCUT2D eigenvalue weighted by Gasteiger charge is -2.38. The fourth-order valence-electron chi connectivity index (χ4n) is 5.94. The predicted molar refractivity (Wildman–Crippen MR) is 154 cm³/mol. The summed E-state index contributed by atoms with van der Waals surface area (Å²) in [6.07, 6.45) is -6.32. The highest BCUT2D eigenvalue weighted by Gasteiger charge is 2.41. The van der Waals surface area contributed by atoms with Crippen molar-refractivity contribution in [2.24, 2.45) is 0 Å². The van der Waals surface area contributed by atoms with Gasteiger partial charge in [0.15, 0.2) is 0 Å². The Bertz CT molecular complexity index is 1490. The van der Waals surface area contributed by atoms with Crippen LogP contribution in [0.1, 0.15) is 43.4 Å². The largest absolute Gasteiger partial charge is 0.416 e. The second-order valence-corrected chi connectivity index (χ2v) is 12.0. The van der Waals surface area contributed by atoms with Crippen LogP contribution in [-0.2, 0) is 22.6 Å². The smallest absolute Gasteiger partial charge is 0.354 e. The van der Waals surface area contributed by atoms with Crippen molar-refractivity contribution < 1.29 is 31.1 Å². The highest BCUT2D eigenvalue weighted by atomic mass is 35.5. The van der Waals surface area contributed by atoms with Crippen LogP contribution in [0.4, 0.5) is 37.8 Å². The van der Waals surface area contributed by atoms with E-state index >= 15 is 0 Å². The molecule has 5 nitrogen and oxygen atoms in total. The summed E-state index contributed by atoms with van der Waals surface area (Å²) in [4.78, 5) is 24.5. The maximum absolute atomic E-state index is 14.0. The lowest BCUT2D eigenvalue weighted by atomic mass is 9.81. The molecule has 2 aromatic carbocycles. The van der Waals surface area contributed by atoms with Crippen molar-refractivity contribution in [2.75, 3.05) is 43.0 Å². The Balaban J connectivity index is 1.55. The van der Waals surface area contributed by atoms with E-state index < -0.39 is 40.4 Å². The average Bonchev–Trinajstić information content (AvgIpc) is 3.43. The van der Waals surface area contributed by atoms with E-state index in [9.17, 15) is 31.1 Å². The van der Waals surface area contributed by atoms with Crippen molar-refractivity contribution in [3.63, 3.8) is 0 Å². The third-order valence-electron chi connectivity index (χ3n) is 8.45. The molecule has 230 valence electrons. The van der Waals surface area contributed by atoms with Gasteiger partial charge in [0.05, 0.1) is 28.4 Å². The number of amides is 1. The Labute approximate surface area is 251 Å². The first-order valence-electron chi connectivity index (χ1n) is 13.9. The minimum absolute atomic E-state index is 0.0529. The third-order valence-corrected chi connectivity index (χ3v) is 8.78. The normalized spacial score (nSPS) is 18.1. The van der Waals surface area contributed by atoms with Crippen LogP contribution in [0.5, 0.6) is 0 Å². The molecule has 0 aliphatic carbocycles. The fraction of sp³-hybridized carbons (Fsp3) is 0.419. The molecule has 2 aliphatic heterocycles. The third kappa shape index (κ3) is 6.20. The van der Waals surface area contributed by atoms with E-state index in [1.165, 1.54) is 32.0 Å². The van der Waals surface area contributed by atoms with E-state index in [0.29, 0.717) is 45.8 Å². The first-order valence-corrected chi connectivity index (χ1v) is 14.3. The minimum atomic E-state index is -5.04. The van der Waals surface area contributed by atoms with Gasteiger partial charge >= 0.3 is 12.4 Å². The summed E-state index contributed by atoms with van der Waals surface area (Å²) in [5.74, 6) is -0.0274. The van der Waals surface area contributed by atoms with Gasteiger partial charge in [-0.2, -0.15) is 26.3 Å². The summed E-state index contributed by atoms with van der Waals surface area (Å²) in [6.45, 7) is 6.16. The number of benzene rings is 2. The van der Waals surface area contributed by atoms with E-state index in [0.717, 1.165) is 39.0 Å². The average molecular weight is 625 g/mol. The molecule has 1 atom stereocenters. The maximum atomic E-state index is 14.0. The van der Waals surface area contributed by atoms with Crippen molar-refractivity contribution >= 4 is 29.0 Å². The lowest BCUT2D eigenvalue weighted by Crippen LogP contribution is -2.50. The number of hydrogen-bond acceptors (Lipinski definition) is 4. The number of piperazine rings is 1. The highest BCUT2D eigenvalue weighted by molar-refractivity contribution is 6.33. The Hall–Kier alpha value is -3.31. The molecule has 12 heteroatoms. The van der Waals surface area contributed by atoms with Crippen LogP contribution < -0.4 is 9.80 Å². The van der Waals surface area contributed by atoms with Crippen molar-refractivity contribution in [3.8, 4) is 11.1 Å². The van der Waals surface area contributed by atoms with Crippen molar-refractivity contribution in [1.82, 2.24) is 9.88 Å². The number of likely N-dealkylation sites (N-methyl/N-ethyl adjacent to an activating group) is 1. The Morgan fingerprint density at radius 2 is 1.53 bits per heavy atom. The van der Waals surface area contributed by atoms with Gasteiger partial charge in [-0.1, -0.05) is 29.8 Å². The molecule has 1 unspecified atom stereocenters. The summed E-state index contributed by atoms with van der Waals surface area (Å²) in [5, 5.41) is 0.411. The zero-order valence-electron chi connectivity index (χ0n) is 23.9. The number of halogens is 7. The monoisotopic (exact) mass is 624 g/mol. The molecule has 0 N–H and O–H groups in total. The second kappa shape index (κ2) is 11.3. The van der Waals surface area contributed by atoms with Crippen LogP contribution in [-0.4, -0.2) is 55.1 Å². The van der Waals surface area contributed by atoms with Crippen molar-refractivity contribution in [1.29, 1.82) is 0 Å². The molecule has 0 spiro atoms. The Kier molecular flexibility index (Phi) is 8.19. The molecule has 43 heavy (non-hydrogen) atoms. The van der Waals surface area contributed by atoms with Gasteiger partial charge < -0.3 is 9.80 Å². The standard InChI is InChI=1S/C31H31ClF6N4O/c1-29(2,19-13-20(30(33,34)35)15-21(14-19)31(36,37)38)28(43)40(3)26-17-39-27(16-24(26)23-8-4-5-9-25(23)32)42-12-11-41-10-6-7-22(41)18-42/h4-5,8-9,13-17,22H,6-7,10-12,18H2,1-3H3. The number of nitrogens with zero attached hydrogens (tertiary/aromatic N) is 4. The summed E-state index contributed by atoms with van der Waals surface area (Å²) < 4.78 is 81.6. The molecule has 1 amide bonds. The van der Waals surface area contributed by atoms with E-state index in [2.05, 4.69) is 14.8 Å². The molecule has 5 rings (SSSR count). The van der Waals surface area contributed by atoms with Crippen LogP contribution in [0.25, 0.3) is 11.1 Å². The first-order chi connectivity index (χ1) is 20.1. The lowest BCUT2D eigenvalue weighted by molar-refractivity contribution is -0.143. The number of carbonyl (C=O) groups is 1. The number of carbonyl (C=O) groups excluding carboxylic acids is 1. The summed E-state index contributed by atoms with van der Waals surface area (Å²) in [6, 6.07) is 10.5. The highest BCUT2D eigenvalue weighted by Crippen LogP contribution is 2.42. The molecule has 3 aromatic rings. The van der Waals surface area contributed by atoms with E-state index in [-0.39, 0.29) is 6.07 Å². The molecule has 0 bridgehead atoms. The van der Waals surface area contributed by atoms with Gasteiger partial charge in [0.2, 0.25) is 5.91 Å². The molecule has 0 radical (unpaired) electrons. The van der Waals surface area contributed by atoms with Gasteiger partial charge in [0.1, 0.15) is 5.82 Å². The zero-order chi connectivity index (χ0) is 31.3. The molecule has 2 fully saturated rings. The molecular weight excluding hydrogens is 594 g/mol. The second-order valence-electron chi connectivity index (χ2n) is 11.6. The maximum Gasteiger partial charge on any atom is 0.416 e. The predicted octanol–water partition coefficient (Wildman–Crippen LogP) is 7.66. The number of fused-ring (bicyclic) bond motifs is 1. The molecule has 2 saturated heterocycles. The van der Waals surface area contributed by atoms with Crippen LogP contribution in [0.2, 0.25) is 5.02 Å². The topological polar surface area (TPSA) is 39.7 Å². The number of rotatable bonds is 5. The number of alkyl halides is 6. The fourth-order valence-corrected chi connectivity index (χ4v) is 6.18. The van der Waals surface area contributed by atoms with Crippen LogP contribution in [0, 0.1) is 0 Å². The van der Waals surface area contributed by atoms with Gasteiger partial charge in [-0.3, -0.25) is 9.69 Å². The number of anilines is 2. The summed E-state index contributed by atoms with van der Waals surface area (Å²) in [5.41, 5.74) is -3.65. The van der Waals surface area contributed by atoms with E-state index in [4.69, 9.17) is 11.6 Å². The van der Waals surface area contributed by atoms with Gasteiger partial charge in [0, 0.05) is 48.9 Å². The molecule has 3 heterocycles. The SMILES string of the molecule is CN(C(=O)C(C)(C)c1cc(C(F)(F)F)cc(C(F)(F)F)c1)c1cnc(N2CCN3CCCC3C2)cc1-c1ccccc1Cl. The van der Waals surface area contributed by atoms with Crippen LogP contribution in [0.3, 0.4) is 0 Å². The van der Waals surface area contributed by atoms with E-state index in [1.807, 2.05) is 6.07 Å². The molecular formula is C31H31ClF6N4O. The minimum Gasteiger partial charge on any atom is -0.354 e. The quantitative estimate of drug-likeness (QED) is 0.273. The number of hydrogen-bond donors (Lipinski definition) is 0. The number of pyridine rings is 1. The van der Waals surface area contributed by atoms with Gasteiger partial charge in [-0.15, -0.1) is 0 Å². The van der Waals surface area contributed by atoms with Crippen molar-refractivity contribution in [2.45, 2.75) is 50.5 Å². The Morgan fingerprint density at radius 1 is 0.907 bits per heavy atom. The Morgan fingerprint density at radius 3 is 2.16 bits per heavy atom. The van der Waals surface area contributed by atoms with Gasteiger partial charge in [0.25, 0.3) is 0 Å². The number of aromatic nitrogens is 1. The van der Waals surface area contributed by atoms with Gasteiger partial charge in [-0.25, -0.2) is 4.98 Å². The first kappa shape index (κ1) is 31.1. The van der Waals surface area contributed by atoms with Crippen LogP contribution in [0.15, 0.2) is 54.7 Å². The zero-order valence-corrected chi connectivity index (χ0v) is 24.6. The van der Waals surface area contributed by atoms with E-state index in [1.54, 1.807) is 24.3 Å². The molecule has 1 aromatic heterocycles.